The first-order chi connectivity index (χ1) is 8.59. The molecule has 0 aliphatic heterocycles. The van der Waals surface area contributed by atoms with Crippen molar-refractivity contribution in [3.8, 4) is 5.88 Å². The van der Waals surface area contributed by atoms with Crippen LogP contribution in [0.3, 0.4) is 0 Å². The fourth-order valence-electron chi connectivity index (χ4n) is 2.50. The van der Waals surface area contributed by atoms with Crippen LogP contribution in [0.25, 0.3) is 0 Å². The zero-order chi connectivity index (χ0) is 13.2. The summed E-state index contributed by atoms with van der Waals surface area (Å²) in [6.45, 7) is 3.43. The molecule has 0 bridgehead atoms. The molecule has 1 saturated carbocycles. The number of nitrogens with zero attached hydrogens (tertiary/aromatic N) is 2. The van der Waals surface area contributed by atoms with Crippen molar-refractivity contribution in [1.82, 2.24) is 15.1 Å². The Morgan fingerprint density at radius 3 is 2.72 bits per heavy atom. The fraction of sp³-hybridized carbons (Fsp3) is 0.769. The first-order valence-electron chi connectivity index (χ1n) is 6.61. The molecule has 1 aliphatic rings. The number of rotatable bonds is 6. The van der Waals surface area contributed by atoms with E-state index < -0.39 is 5.60 Å². The SMILES string of the molecule is CCc1nn(C)c(OC)c1CNCC1(O)CCC1. The molecule has 1 aromatic rings. The Balaban J connectivity index is 1.99. The van der Waals surface area contributed by atoms with E-state index in [1.165, 1.54) is 0 Å². The van der Waals surface area contributed by atoms with Gasteiger partial charge in [-0.2, -0.15) is 5.10 Å². The number of methoxy groups -OCH3 is 1. The van der Waals surface area contributed by atoms with Crippen molar-refractivity contribution in [2.45, 2.75) is 44.8 Å². The van der Waals surface area contributed by atoms with Crippen molar-refractivity contribution in [1.29, 1.82) is 0 Å². The molecule has 18 heavy (non-hydrogen) atoms. The zero-order valence-electron chi connectivity index (χ0n) is 11.5. The smallest absolute Gasteiger partial charge is 0.216 e. The molecule has 1 heterocycles. The molecule has 102 valence electrons. The molecule has 0 amide bonds. The molecule has 1 aromatic heterocycles. The van der Waals surface area contributed by atoms with Crippen LogP contribution in [0.1, 0.15) is 37.4 Å². The molecule has 0 saturated heterocycles. The minimum absolute atomic E-state index is 0.484. The van der Waals surface area contributed by atoms with Crippen molar-refractivity contribution < 1.29 is 9.84 Å². The molecule has 1 aliphatic carbocycles. The lowest BCUT2D eigenvalue weighted by Gasteiger charge is -2.36. The highest BCUT2D eigenvalue weighted by Crippen LogP contribution is 2.31. The standard InChI is InChI=1S/C13H23N3O2/c1-4-11-10(12(18-3)16(2)15-11)8-14-9-13(17)6-5-7-13/h14,17H,4-9H2,1-3H3. The van der Waals surface area contributed by atoms with Crippen LogP contribution in [0.15, 0.2) is 0 Å². The van der Waals surface area contributed by atoms with Crippen LogP contribution in [0.5, 0.6) is 5.88 Å². The van der Waals surface area contributed by atoms with Gasteiger partial charge in [0.05, 0.1) is 24.0 Å². The van der Waals surface area contributed by atoms with Crippen LogP contribution < -0.4 is 10.1 Å². The predicted octanol–water partition coefficient (Wildman–Crippen LogP) is 0.996. The van der Waals surface area contributed by atoms with E-state index in [0.29, 0.717) is 13.1 Å². The Labute approximate surface area is 108 Å². The Kier molecular flexibility index (Phi) is 3.92. The molecule has 0 radical (unpaired) electrons. The molecule has 1 fully saturated rings. The zero-order valence-corrected chi connectivity index (χ0v) is 11.5. The summed E-state index contributed by atoms with van der Waals surface area (Å²) < 4.78 is 7.15. The van der Waals surface area contributed by atoms with E-state index in [2.05, 4.69) is 17.3 Å². The summed E-state index contributed by atoms with van der Waals surface area (Å²) in [5.41, 5.74) is 1.68. The average molecular weight is 253 g/mol. The van der Waals surface area contributed by atoms with Crippen molar-refractivity contribution in [2.24, 2.45) is 7.05 Å². The molecule has 2 N–H and O–H groups in total. The van der Waals surface area contributed by atoms with E-state index >= 15 is 0 Å². The van der Waals surface area contributed by atoms with Gasteiger partial charge in [-0.05, 0) is 25.7 Å². The quantitative estimate of drug-likeness (QED) is 0.794. The highest BCUT2D eigenvalue weighted by molar-refractivity contribution is 5.31. The van der Waals surface area contributed by atoms with E-state index in [0.717, 1.165) is 42.8 Å². The number of nitrogens with one attached hydrogen (secondary N) is 1. The maximum Gasteiger partial charge on any atom is 0.216 e. The Morgan fingerprint density at radius 1 is 1.50 bits per heavy atom. The van der Waals surface area contributed by atoms with Gasteiger partial charge in [0.15, 0.2) is 0 Å². The summed E-state index contributed by atoms with van der Waals surface area (Å²) in [6, 6.07) is 0. The number of ether oxygens (including phenoxy) is 1. The van der Waals surface area contributed by atoms with Gasteiger partial charge in [0.25, 0.3) is 0 Å². The minimum Gasteiger partial charge on any atom is -0.481 e. The second kappa shape index (κ2) is 5.28. The Bertz CT molecular complexity index is 411. The third-order valence-electron chi connectivity index (χ3n) is 3.74. The first kappa shape index (κ1) is 13.4. The Hall–Kier alpha value is -1.07. The van der Waals surface area contributed by atoms with Crippen molar-refractivity contribution in [2.75, 3.05) is 13.7 Å². The van der Waals surface area contributed by atoms with Gasteiger partial charge in [-0.3, -0.25) is 0 Å². The topological polar surface area (TPSA) is 59.3 Å². The first-order valence-corrected chi connectivity index (χ1v) is 6.61. The van der Waals surface area contributed by atoms with Gasteiger partial charge in [-0.25, -0.2) is 4.68 Å². The second-order valence-electron chi connectivity index (χ2n) is 5.09. The highest BCUT2D eigenvalue weighted by Gasteiger charge is 2.33. The van der Waals surface area contributed by atoms with Gasteiger partial charge in [0.2, 0.25) is 5.88 Å². The largest absolute Gasteiger partial charge is 0.481 e. The summed E-state index contributed by atoms with van der Waals surface area (Å²) in [6.07, 6.45) is 3.84. The molecule has 0 unspecified atom stereocenters. The van der Waals surface area contributed by atoms with Gasteiger partial charge < -0.3 is 15.2 Å². The monoisotopic (exact) mass is 253 g/mol. The molecular weight excluding hydrogens is 230 g/mol. The summed E-state index contributed by atoms with van der Waals surface area (Å²) in [4.78, 5) is 0. The van der Waals surface area contributed by atoms with E-state index in [4.69, 9.17) is 4.74 Å². The van der Waals surface area contributed by atoms with Crippen molar-refractivity contribution in [3.63, 3.8) is 0 Å². The lowest BCUT2D eigenvalue weighted by atomic mass is 9.80. The number of aryl methyl sites for hydroxylation is 2. The van der Waals surface area contributed by atoms with E-state index in [9.17, 15) is 5.11 Å². The van der Waals surface area contributed by atoms with Crippen molar-refractivity contribution in [3.05, 3.63) is 11.3 Å². The molecule has 5 nitrogen and oxygen atoms in total. The van der Waals surface area contributed by atoms with Gasteiger partial charge in [-0.1, -0.05) is 6.92 Å². The summed E-state index contributed by atoms with van der Waals surface area (Å²) in [5, 5.41) is 17.8. The van der Waals surface area contributed by atoms with Gasteiger partial charge >= 0.3 is 0 Å². The van der Waals surface area contributed by atoms with Crippen LogP contribution in [0, 0.1) is 0 Å². The average Bonchev–Trinajstić information content (AvgIpc) is 2.63. The maximum absolute atomic E-state index is 10.0. The molecule has 5 heteroatoms. The third-order valence-corrected chi connectivity index (χ3v) is 3.74. The van der Waals surface area contributed by atoms with Gasteiger partial charge in [0.1, 0.15) is 0 Å². The lowest BCUT2D eigenvalue weighted by molar-refractivity contribution is -0.0315. The van der Waals surface area contributed by atoms with E-state index in [-0.39, 0.29) is 0 Å². The number of aliphatic hydroxyl groups is 1. The number of hydrogen-bond donors (Lipinski definition) is 2. The lowest BCUT2D eigenvalue weighted by Crippen LogP contribution is -2.46. The van der Waals surface area contributed by atoms with Crippen LogP contribution in [0.4, 0.5) is 0 Å². The summed E-state index contributed by atoms with van der Waals surface area (Å²) in [5.74, 6) is 0.806. The minimum atomic E-state index is -0.484. The highest BCUT2D eigenvalue weighted by atomic mass is 16.5. The number of hydrogen-bond acceptors (Lipinski definition) is 4. The van der Waals surface area contributed by atoms with Crippen LogP contribution >= 0.6 is 0 Å². The van der Waals surface area contributed by atoms with E-state index in [1.807, 2.05) is 7.05 Å². The molecule has 0 spiro atoms. The number of aromatic nitrogens is 2. The van der Waals surface area contributed by atoms with Gasteiger partial charge in [0, 0.05) is 20.1 Å². The van der Waals surface area contributed by atoms with Crippen LogP contribution in [-0.4, -0.2) is 34.1 Å². The van der Waals surface area contributed by atoms with E-state index in [1.54, 1.807) is 11.8 Å². The normalized spacial score (nSPS) is 17.6. The summed E-state index contributed by atoms with van der Waals surface area (Å²) >= 11 is 0. The van der Waals surface area contributed by atoms with Gasteiger partial charge in [-0.15, -0.1) is 0 Å². The Morgan fingerprint density at radius 2 is 2.22 bits per heavy atom. The van der Waals surface area contributed by atoms with Crippen molar-refractivity contribution >= 4 is 0 Å². The van der Waals surface area contributed by atoms with Crippen LogP contribution in [0.2, 0.25) is 0 Å². The molecule has 0 atom stereocenters. The predicted molar refractivity (Wildman–Crippen MR) is 69.6 cm³/mol. The fourth-order valence-corrected chi connectivity index (χ4v) is 2.50. The molecule has 2 rings (SSSR count). The maximum atomic E-state index is 10.0. The van der Waals surface area contributed by atoms with Crippen LogP contribution in [-0.2, 0) is 20.0 Å². The third kappa shape index (κ3) is 2.52. The molecule has 0 aromatic carbocycles. The summed E-state index contributed by atoms with van der Waals surface area (Å²) in [7, 11) is 3.56. The second-order valence-corrected chi connectivity index (χ2v) is 5.09. The molecular formula is C13H23N3O2.